The number of benzene rings is 2. The molecule has 102 valence electrons. The van der Waals surface area contributed by atoms with Crippen LogP contribution in [0.5, 0.6) is 0 Å². The third-order valence-corrected chi connectivity index (χ3v) is 17.1. The maximum atomic E-state index is 7.17. The van der Waals surface area contributed by atoms with Crippen LogP contribution in [-0.4, -0.2) is 10.6 Å². The Balaban J connectivity index is 2.57. The van der Waals surface area contributed by atoms with Gasteiger partial charge in [-0.05, 0) is 0 Å². The minimum absolute atomic E-state index is 0.881. The summed E-state index contributed by atoms with van der Waals surface area (Å²) in [5, 5.41) is 0.881. The second-order valence-corrected chi connectivity index (χ2v) is 21.1. The summed E-state index contributed by atoms with van der Waals surface area (Å²) < 4.78 is 2.23. The molecule has 0 saturated heterocycles. The molecule has 2 aromatic carbocycles. The van der Waals surface area contributed by atoms with Crippen LogP contribution in [0.15, 0.2) is 60.7 Å². The van der Waals surface area contributed by atoms with E-state index < -0.39 is 10.6 Å². The van der Waals surface area contributed by atoms with Gasteiger partial charge in [-0.2, -0.15) is 0 Å². The molecule has 0 spiro atoms. The molecule has 0 N–H and O–H groups in total. The Morgan fingerprint density at radius 2 is 1.21 bits per heavy atom. The topological polar surface area (TPSA) is 0 Å². The normalized spacial score (nSPS) is 13.7. The molecule has 0 amide bonds. The fourth-order valence-corrected chi connectivity index (χ4v) is 12.6. The SMILES string of the molecule is CCCC[As](Cl)(Cl)(c1ccccc1)c1ccccc1. The Hall–Kier alpha value is -0.422. The van der Waals surface area contributed by atoms with Gasteiger partial charge in [-0.3, -0.25) is 0 Å². The molecular formula is C16H19AsCl2. The van der Waals surface area contributed by atoms with Gasteiger partial charge in [0.1, 0.15) is 0 Å². The van der Waals surface area contributed by atoms with Crippen LogP contribution in [-0.2, 0) is 0 Å². The molecule has 0 unspecified atom stereocenters. The van der Waals surface area contributed by atoms with Gasteiger partial charge in [-0.25, -0.2) is 0 Å². The zero-order chi connectivity index (χ0) is 13.8. The molecule has 0 nitrogen and oxygen atoms in total. The van der Waals surface area contributed by atoms with Crippen molar-refractivity contribution in [3.05, 3.63) is 60.7 Å². The molecular weight excluding hydrogens is 338 g/mol. The molecule has 0 aromatic heterocycles. The summed E-state index contributed by atoms with van der Waals surface area (Å²) in [6.45, 7) is 2.18. The Bertz CT molecular complexity index is 479. The average Bonchev–Trinajstić information content (AvgIpc) is 2.47. The summed E-state index contributed by atoms with van der Waals surface area (Å²) >= 11 is 0. The molecule has 0 aliphatic carbocycles. The van der Waals surface area contributed by atoms with E-state index in [0.29, 0.717) is 0 Å². The van der Waals surface area contributed by atoms with Crippen LogP contribution in [0.1, 0.15) is 19.8 Å². The molecule has 3 heteroatoms. The van der Waals surface area contributed by atoms with Crippen molar-refractivity contribution in [3.63, 3.8) is 0 Å². The molecule has 2 rings (SSSR count). The molecule has 2 aromatic rings. The Morgan fingerprint density at radius 1 is 0.789 bits per heavy atom. The van der Waals surface area contributed by atoms with Gasteiger partial charge in [0, 0.05) is 0 Å². The maximum absolute atomic E-state index is 7.17. The fraction of sp³-hybridized carbons (Fsp3) is 0.250. The fourth-order valence-electron chi connectivity index (χ4n) is 2.28. The van der Waals surface area contributed by atoms with Crippen LogP contribution in [0.4, 0.5) is 0 Å². The summed E-state index contributed by atoms with van der Waals surface area (Å²) in [6, 6.07) is 20.4. The second kappa shape index (κ2) is 5.92. The van der Waals surface area contributed by atoms with Crippen molar-refractivity contribution in [2.45, 2.75) is 25.0 Å². The van der Waals surface area contributed by atoms with Gasteiger partial charge >= 0.3 is 125 Å². The van der Waals surface area contributed by atoms with E-state index in [1.165, 1.54) is 0 Å². The zero-order valence-electron chi connectivity index (χ0n) is 11.1. The summed E-state index contributed by atoms with van der Waals surface area (Å²) in [5.41, 5.74) is 0. The van der Waals surface area contributed by atoms with Crippen molar-refractivity contribution in [2.75, 3.05) is 0 Å². The molecule has 0 heterocycles. The standard InChI is InChI=1S/C16H19AsCl2/c1-2-3-14-17(18,19,15-10-6-4-7-11-15)16-12-8-5-9-13-16/h4-13H,2-3,14H2,1H3. The summed E-state index contributed by atoms with van der Waals surface area (Å²) in [6.07, 6.45) is 2.16. The first kappa shape index (κ1) is 15.0. The Kier molecular flexibility index (Phi) is 4.66. The predicted octanol–water partition coefficient (Wildman–Crippen LogP) is 4.47. The van der Waals surface area contributed by atoms with E-state index in [1.54, 1.807) is 0 Å². The summed E-state index contributed by atoms with van der Waals surface area (Å²) in [7, 11) is 10.6. The van der Waals surface area contributed by atoms with E-state index in [1.807, 2.05) is 36.4 Å². The van der Waals surface area contributed by atoms with Crippen molar-refractivity contribution in [2.24, 2.45) is 0 Å². The van der Waals surface area contributed by atoms with E-state index in [-0.39, 0.29) is 0 Å². The van der Waals surface area contributed by atoms with Crippen LogP contribution in [0.2, 0.25) is 5.21 Å². The van der Waals surface area contributed by atoms with Crippen molar-refractivity contribution in [1.82, 2.24) is 0 Å². The minimum atomic E-state index is -3.70. The zero-order valence-corrected chi connectivity index (χ0v) is 14.5. The van der Waals surface area contributed by atoms with Crippen LogP contribution in [0.3, 0.4) is 0 Å². The van der Waals surface area contributed by atoms with Crippen molar-refractivity contribution < 1.29 is 0 Å². The van der Waals surface area contributed by atoms with E-state index in [2.05, 4.69) is 31.2 Å². The van der Waals surface area contributed by atoms with Gasteiger partial charge in [0.05, 0.1) is 0 Å². The van der Waals surface area contributed by atoms with Crippen molar-refractivity contribution >= 4 is 39.2 Å². The summed E-state index contributed by atoms with van der Waals surface area (Å²) in [5.74, 6) is 0. The number of hydrogen-bond donors (Lipinski definition) is 0. The Labute approximate surface area is 124 Å². The van der Waals surface area contributed by atoms with Gasteiger partial charge in [-0.15, -0.1) is 0 Å². The van der Waals surface area contributed by atoms with Gasteiger partial charge in [-0.1, -0.05) is 0 Å². The van der Waals surface area contributed by atoms with E-state index in [4.69, 9.17) is 19.9 Å². The molecule has 0 saturated carbocycles. The number of hydrogen-bond acceptors (Lipinski definition) is 0. The average molecular weight is 357 g/mol. The van der Waals surface area contributed by atoms with Crippen molar-refractivity contribution in [3.8, 4) is 0 Å². The van der Waals surface area contributed by atoms with E-state index in [0.717, 1.165) is 26.8 Å². The van der Waals surface area contributed by atoms with Gasteiger partial charge in [0.2, 0.25) is 0 Å². The quantitative estimate of drug-likeness (QED) is 0.693. The molecule has 19 heavy (non-hydrogen) atoms. The predicted molar refractivity (Wildman–Crippen MR) is 89.3 cm³/mol. The third kappa shape index (κ3) is 3.02. The Morgan fingerprint density at radius 3 is 1.58 bits per heavy atom. The van der Waals surface area contributed by atoms with Gasteiger partial charge in [0.25, 0.3) is 0 Å². The molecule has 0 fully saturated rings. The molecule has 0 atom stereocenters. The monoisotopic (exact) mass is 356 g/mol. The number of unbranched alkanes of at least 4 members (excludes halogenated alkanes) is 1. The van der Waals surface area contributed by atoms with E-state index in [9.17, 15) is 0 Å². The van der Waals surface area contributed by atoms with Crippen LogP contribution in [0, 0.1) is 0 Å². The summed E-state index contributed by atoms with van der Waals surface area (Å²) in [4.78, 5) is 0. The first-order valence-corrected chi connectivity index (χ1v) is 14.8. The van der Waals surface area contributed by atoms with Crippen LogP contribution < -0.4 is 8.70 Å². The van der Waals surface area contributed by atoms with E-state index >= 15 is 0 Å². The second-order valence-electron chi connectivity index (χ2n) is 4.82. The molecule has 0 bridgehead atoms. The van der Waals surface area contributed by atoms with Gasteiger partial charge < -0.3 is 0 Å². The van der Waals surface area contributed by atoms with Gasteiger partial charge in [0.15, 0.2) is 0 Å². The number of rotatable bonds is 5. The number of halogens is 2. The van der Waals surface area contributed by atoms with Crippen molar-refractivity contribution in [1.29, 1.82) is 0 Å². The van der Waals surface area contributed by atoms with Crippen LogP contribution in [0.25, 0.3) is 0 Å². The molecule has 0 radical (unpaired) electrons. The first-order chi connectivity index (χ1) is 9.07. The van der Waals surface area contributed by atoms with Crippen LogP contribution >= 0.6 is 19.9 Å². The third-order valence-electron chi connectivity index (χ3n) is 3.43. The first-order valence-electron chi connectivity index (χ1n) is 6.63. The molecule has 0 aliphatic heterocycles. The molecule has 0 aliphatic rings.